The molecule has 0 bridgehead atoms. The van der Waals surface area contributed by atoms with Gasteiger partial charge in [-0.2, -0.15) is 0 Å². The van der Waals surface area contributed by atoms with Crippen molar-refractivity contribution in [1.82, 2.24) is 4.98 Å². The second-order valence-corrected chi connectivity index (χ2v) is 3.82. The highest BCUT2D eigenvalue weighted by molar-refractivity contribution is 6.02. The number of nitrogens with zero attached hydrogens (tertiary/aromatic N) is 1. The van der Waals surface area contributed by atoms with E-state index in [0.717, 1.165) is 17.1 Å². The first-order valence-corrected chi connectivity index (χ1v) is 5.24. The van der Waals surface area contributed by atoms with Crippen LogP contribution in [-0.2, 0) is 9.53 Å². The quantitative estimate of drug-likeness (QED) is 0.804. The predicted octanol–water partition coefficient (Wildman–Crippen LogP) is 1.16. The highest BCUT2D eigenvalue weighted by Gasteiger charge is 2.26. The van der Waals surface area contributed by atoms with E-state index in [1.807, 2.05) is 13.0 Å². The molecule has 2 rings (SSSR count). The summed E-state index contributed by atoms with van der Waals surface area (Å²) in [5, 5.41) is 5.99. The molecular weight excluding hydrogens is 206 g/mol. The first-order chi connectivity index (χ1) is 7.72. The van der Waals surface area contributed by atoms with Gasteiger partial charge in [0.15, 0.2) is 5.82 Å². The summed E-state index contributed by atoms with van der Waals surface area (Å²) in [6, 6.07) is 1.61. The van der Waals surface area contributed by atoms with Crippen LogP contribution in [0.4, 0.5) is 11.5 Å². The van der Waals surface area contributed by atoms with Crippen LogP contribution in [0, 0.1) is 6.92 Å². The maximum absolute atomic E-state index is 11.8. The van der Waals surface area contributed by atoms with Gasteiger partial charge >= 0.3 is 0 Å². The molecule has 86 valence electrons. The minimum Gasteiger partial charge on any atom is -0.385 e. The fourth-order valence-electron chi connectivity index (χ4n) is 1.71. The molecule has 1 unspecified atom stereocenters. The van der Waals surface area contributed by atoms with Gasteiger partial charge in [-0.15, -0.1) is 0 Å². The fourth-order valence-corrected chi connectivity index (χ4v) is 1.71. The molecular formula is C11H15N3O2. The van der Waals surface area contributed by atoms with Gasteiger partial charge in [0.1, 0.15) is 6.04 Å². The molecule has 1 aromatic rings. The highest BCUT2D eigenvalue weighted by Crippen LogP contribution is 2.27. The van der Waals surface area contributed by atoms with Crippen molar-refractivity contribution in [3.63, 3.8) is 0 Å². The Bertz CT molecular complexity index is 406. The molecule has 2 heterocycles. The molecule has 0 saturated heterocycles. The number of carbonyl (C=O) groups excluding carboxylic acids is 1. The lowest BCUT2D eigenvalue weighted by Gasteiger charge is -2.26. The lowest BCUT2D eigenvalue weighted by Crippen LogP contribution is -2.40. The Morgan fingerprint density at radius 2 is 2.38 bits per heavy atom. The van der Waals surface area contributed by atoms with Gasteiger partial charge in [0.25, 0.3) is 0 Å². The van der Waals surface area contributed by atoms with Crippen molar-refractivity contribution in [1.29, 1.82) is 0 Å². The third kappa shape index (κ3) is 1.99. The molecule has 5 heteroatoms. The molecule has 0 aliphatic carbocycles. The van der Waals surface area contributed by atoms with Crippen LogP contribution in [0.3, 0.4) is 0 Å². The summed E-state index contributed by atoms with van der Waals surface area (Å²) >= 11 is 0. The molecule has 0 saturated carbocycles. The lowest BCUT2D eigenvalue weighted by atomic mass is 10.1. The van der Waals surface area contributed by atoms with E-state index in [1.165, 1.54) is 0 Å². The Morgan fingerprint density at radius 3 is 3.12 bits per heavy atom. The Morgan fingerprint density at radius 1 is 1.56 bits per heavy atom. The van der Waals surface area contributed by atoms with Gasteiger partial charge in [-0.25, -0.2) is 4.98 Å². The Balaban J connectivity index is 2.19. The van der Waals surface area contributed by atoms with Crippen LogP contribution in [-0.4, -0.2) is 30.6 Å². The summed E-state index contributed by atoms with van der Waals surface area (Å²) in [6.07, 6.45) is 2.36. The predicted molar refractivity (Wildman–Crippen MR) is 61.5 cm³/mol. The maximum Gasteiger partial charge on any atom is 0.247 e. The van der Waals surface area contributed by atoms with Gasteiger partial charge in [0, 0.05) is 19.9 Å². The minimum absolute atomic E-state index is 0.0272. The SMILES string of the molecule is COCCC1Nc2nccc(C)c2NC1=O. The largest absolute Gasteiger partial charge is 0.385 e. The zero-order valence-electron chi connectivity index (χ0n) is 9.41. The van der Waals surface area contributed by atoms with Crippen molar-refractivity contribution < 1.29 is 9.53 Å². The smallest absolute Gasteiger partial charge is 0.247 e. The van der Waals surface area contributed by atoms with Crippen LogP contribution in [0.25, 0.3) is 0 Å². The second kappa shape index (κ2) is 4.49. The van der Waals surface area contributed by atoms with E-state index in [0.29, 0.717) is 13.0 Å². The van der Waals surface area contributed by atoms with E-state index in [1.54, 1.807) is 13.3 Å². The number of aromatic nitrogens is 1. The van der Waals surface area contributed by atoms with E-state index in [9.17, 15) is 4.79 Å². The van der Waals surface area contributed by atoms with Crippen LogP contribution < -0.4 is 10.6 Å². The van der Waals surface area contributed by atoms with Crippen LogP contribution in [0.15, 0.2) is 12.3 Å². The number of aryl methyl sites for hydroxylation is 1. The van der Waals surface area contributed by atoms with E-state index in [4.69, 9.17) is 4.74 Å². The third-order valence-corrected chi connectivity index (χ3v) is 2.65. The number of anilines is 2. The number of amides is 1. The highest BCUT2D eigenvalue weighted by atomic mass is 16.5. The van der Waals surface area contributed by atoms with Crippen LogP contribution >= 0.6 is 0 Å². The molecule has 0 radical (unpaired) electrons. The molecule has 0 aromatic carbocycles. The summed E-state index contributed by atoms with van der Waals surface area (Å²) in [4.78, 5) is 16.0. The van der Waals surface area contributed by atoms with Gasteiger partial charge in [0.05, 0.1) is 5.69 Å². The number of hydrogen-bond donors (Lipinski definition) is 2. The molecule has 1 amide bonds. The van der Waals surface area contributed by atoms with Crippen LogP contribution in [0.1, 0.15) is 12.0 Å². The monoisotopic (exact) mass is 221 g/mol. The van der Waals surface area contributed by atoms with Gasteiger partial charge in [-0.3, -0.25) is 4.79 Å². The third-order valence-electron chi connectivity index (χ3n) is 2.65. The number of pyridine rings is 1. The van der Waals surface area contributed by atoms with Crippen molar-refractivity contribution in [2.75, 3.05) is 24.4 Å². The van der Waals surface area contributed by atoms with Crippen LogP contribution in [0.5, 0.6) is 0 Å². The van der Waals surface area contributed by atoms with Gasteiger partial charge < -0.3 is 15.4 Å². The summed E-state index contributed by atoms with van der Waals surface area (Å²) in [5.41, 5.74) is 1.79. The molecule has 1 aliphatic heterocycles. The van der Waals surface area contributed by atoms with E-state index in [2.05, 4.69) is 15.6 Å². The van der Waals surface area contributed by atoms with Gasteiger partial charge in [-0.05, 0) is 25.0 Å². The Labute approximate surface area is 94.2 Å². The number of carbonyl (C=O) groups is 1. The molecule has 1 aromatic heterocycles. The number of hydrogen-bond acceptors (Lipinski definition) is 4. The minimum atomic E-state index is -0.262. The molecule has 0 spiro atoms. The fraction of sp³-hybridized carbons (Fsp3) is 0.455. The molecule has 5 nitrogen and oxygen atoms in total. The topological polar surface area (TPSA) is 63.2 Å². The first kappa shape index (κ1) is 10.9. The van der Waals surface area contributed by atoms with Crippen molar-refractivity contribution in [2.24, 2.45) is 0 Å². The van der Waals surface area contributed by atoms with E-state index >= 15 is 0 Å². The molecule has 1 aliphatic rings. The second-order valence-electron chi connectivity index (χ2n) is 3.82. The lowest BCUT2D eigenvalue weighted by molar-refractivity contribution is -0.117. The van der Waals surface area contributed by atoms with Crippen molar-refractivity contribution in [3.05, 3.63) is 17.8 Å². The summed E-state index contributed by atoms with van der Waals surface area (Å²) in [5.74, 6) is 0.710. The molecule has 0 fully saturated rings. The summed E-state index contributed by atoms with van der Waals surface area (Å²) in [7, 11) is 1.62. The zero-order valence-corrected chi connectivity index (χ0v) is 9.41. The standard InChI is InChI=1S/C11H15N3O2/c1-7-3-5-12-10-9(7)14-11(15)8(13-10)4-6-16-2/h3,5,8H,4,6H2,1-2H3,(H,12,13)(H,14,15). The number of fused-ring (bicyclic) bond motifs is 1. The average molecular weight is 221 g/mol. The van der Waals surface area contributed by atoms with Crippen molar-refractivity contribution >= 4 is 17.4 Å². The number of nitrogens with one attached hydrogen (secondary N) is 2. The maximum atomic E-state index is 11.8. The van der Waals surface area contributed by atoms with Gasteiger partial charge in [0.2, 0.25) is 5.91 Å². The number of rotatable bonds is 3. The summed E-state index contributed by atoms with van der Waals surface area (Å²) < 4.78 is 4.96. The normalized spacial score (nSPS) is 18.6. The molecule has 2 N–H and O–H groups in total. The Hall–Kier alpha value is -1.62. The first-order valence-electron chi connectivity index (χ1n) is 5.24. The Kier molecular flexibility index (Phi) is 3.05. The van der Waals surface area contributed by atoms with E-state index in [-0.39, 0.29) is 11.9 Å². The van der Waals surface area contributed by atoms with Crippen LogP contribution in [0.2, 0.25) is 0 Å². The molecule has 16 heavy (non-hydrogen) atoms. The van der Waals surface area contributed by atoms with Gasteiger partial charge in [-0.1, -0.05) is 0 Å². The summed E-state index contributed by atoms with van der Waals surface area (Å²) in [6.45, 7) is 2.49. The number of ether oxygens (including phenoxy) is 1. The zero-order chi connectivity index (χ0) is 11.5. The molecule has 1 atom stereocenters. The number of methoxy groups -OCH3 is 1. The van der Waals surface area contributed by atoms with E-state index < -0.39 is 0 Å². The average Bonchev–Trinajstić information content (AvgIpc) is 2.28. The van der Waals surface area contributed by atoms with Crippen molar-refractivity contribution in [2.45, 2.75) is 19.4 Å². The van der Waals surface area contributed by atoms with Crippen molar-refractivity contribution in [3.8, 4) is 0 Å².